The lowest BCUT2D eigenvalue weighted by Crippen LogP contribution is -2.26. The number of anilines is 1. The zero-order valence-corrected chi connectivity index (χ0v) is 12.7. The molecule has 1 heterocycles. The normalized spacial score (nSPS) is 11.2. The Labute approximate surface area is 128 Å². The van der Waals surface area contributed by atoms with E-state index in [9.17, 15) is 14.7 Å². The number of carbonyl (C=O) groups is 2. The summed E-state index contributed by atoms with van der Waals surface area (Å²) >= 11 is 0. The van der Waals surface area contributed by atoms with E-state index >= 15 is 0 Å². The summed E-state index contributed by atoms with van der Waals surface area (Å²) in [5.41, 5.74) is 0.469. The third kappa shape index (κ3) is 3.49. The number of aromatic nitrogens is 3. The van der Waals surface area contributed by atoms with Crippen LogP contribution in [0.4, 0.5) is 5.69 Å². The Hall–Kier alpha value is -2.70. The SMILES string of the molecule is CC(C)(C)c1c(C(=O)O)nnn1CC(=O)Nc1ccccc1. The van der Waals surface area contributed by atoms with Crippen LogP contribution >= 0.6 is 0 Å². The fraction of sp³-hybridized carbons (Fsp3) is 0.333. The molecule has 7 nitrogen and oxygen atoms in total. The first-order valence-electron chi connectivity index (χ1n) is 6.81. The molecule has 0 aliphatic carbocycles. The fourth-order valence-electron chi connectivity index (χ4n) is 2.17. The van der Waals surface area contributed by atoms with Crippen molar-refractivity contribution in [3.05, 3.63) is 41.7 Å². The molecule has 0 radical (unpaired) electrons. The highest BCUT2D eigenvalue weighted by molar-refractivity contribution is 5.91. The minimum atomic E-state index is -1.15. The van der Waals surface area contributed by atoms with Gasteiger partial charge in [0, 0.05) is 11.1 Å². The van der Waals surface area contributed by atoms with Crippen molar-refractivity contribution in [1.82, 2.24) is 15.0 Å². The molecule has 1 aromatic heterocycles. The summed E-state index contributed by atoms with van der Waals surface area (Å²) in [4.78, 5) is 23.3. The highest BCUT2D eigenvalue weighted by Gasteiger charge is 2.29. The van der Waals surface area contributed by atoms with Crippen molar-refractivity contribution in [3.63, 3.8) is 0 Å². The monoisotopic (exact) mass is 302 g/mol. The van der Waals surface area contributed by atoms with Gasteiger partial charge >= 0.3 is 5.97 Å². The zero-order valence-electron chi connectivity index (χ0n) is 12.7. The number of carboxylic acids is 1. The van der Waals surface area contributed by atoms with Gasteiger partial charge < -0.3 is 10.4 Å². The number of para-hydroxylation sites is 1. The van der Waals surface area contributed by atoms with Crippen LogP contribution in [-0.4, -0.2) is 32.0 Å². The van der Waals surface area contributed by atoms with E-state index in [4.69, 9.17) is 0 Å². The Morgan fingerprint density at radius 3 is 2.41 bits per heavy atom. The molecule has 7 heteroatoms. The van der Waals surface area contributed by atoms with Crippen LogP contribution in [-0.2, 0) is 16.8 Å². The number of nitrogens with zero attached hydrogens (tertiary/aromatic N) is 3. The van der Waals surface area contributed by atoms with E-state index < -0.39 is 11.4 Å². The molecule has 0 fully saturated rings. The molecule has 2 aromatic rings. The quantitative estimate of drug-likeness (QED) is 0.899. The average Bonchev–Trinajstić information content (AvgIpc) is 2.83. The Kier molecular flexibility index (Phi) is 4.25. The topological polar surface area (TPSA) is 97.1 Å². The third-order valence-corrected chi connectivity index (χ3v) is 3.00. The molecule has 0 aliphatic rings. The Morgan fingerprint density at radius 2 is 1.86 bits per heavy atom. The van der Waals surface area contributed by atoms with Gasteiger partial charge in [-0.1, -0.05) is 44.2 Å². The van der Waals surface area contributed by atoms with Crippen LogP contribution in [0.15, 0.2) is 30.3 Å². The molecule has 116 valence electrons. The van der Waals surface area contributed by atoms with E-state index in [-0.39, 0.29) is 18.1 Å². The average molecular weight is 302 g/mol. The van der Waals surface area contributed by atoms with Gasteiger partial charge in [0.25, 0.3) is 0 Å². The van der Waals surface area contributed by atoms with Gasteiger partial charge in [-0.15, -0.1) is 5.10 Å². The smallest absolute Gasteiger partial charge is 0.358 e. The first kappa shape index (κ1) is 15.7. The standard InChI is InChI=1S/C15H18N4O3/c1-15(2,3)13-12(14(21)22)17-18-19(13)9-11(20)16-10-7-5-4-6-8-10/h4-8H,9H2,1-3H3,(H,16,20)(H,21,22). The zero-order chi connectivity index (χ0) is 16.3. The number of rotatable bonds is 4. The van der Waals surface area contributed by atoms with Gasteiger partial charge in [0.2, 0.25) is 5.91 Å². The van der Waals surface area contributed by atoms with Crippen molar-refractivity contribution >= 4 is 17.6 Å². The van der Waals surface area contributed by atoms with E-state index in [1.54, 1.807) is 12.1 Å². The Bertz CT molecular complexity index is 687. The molecule has 0 spiro atoms. The second-order valence-corrected chi connectivity index (χ2v) is 5.91. The lowest BCUT2D eigenvalue weighted by molar-refractivity contribution is -0.117. The van der Waals surface area contributed by atoms with Crippen LogP contribution in [0.1, 0.15) is 37.0 Å². The summed E-state index contributed by atoms with van der Waals surface area (Å²) in [6.45, 7) is 5.46. The number of nitrogens with one attached hydrogen (secondary N) is 1. The van der Waals surface area contributed by atoms with E-state index in [2.05, 4.69) is 15.6 Å². The van der Waals surface area contributed by atoms with Crippen LogP contribution in [0.5, 0.6) is 0 Å². The summed E-state index contributed by atoms with van der Waals surface area (Å²) in [5, 5.41) is 19.4. The first-order valence-corrected chi connectivity index (χ1v) is 6.81. The van der Waals surface area contributed by atoms with Crippen LogP contribution in [0.2, 0.25) is 0 Å². The Morgan fingerprint density at radius 1 is 1.23 bits per heavy atom. The van der Waals surface area contributed by atoms with E-state index in [0.717, 1.165) is 0 Å². The second kappa shape index (κ2) is 5.97. The largest absolute Gasteiger partial charge is 0.476 e. The molecule has 0 atom stereocenters. The maximum Gasteiger partial charge on any atom is 0.358 e. The van der Waals surface area contributed by atoms with E-state index in [1.165, 1.54) is 4.68 Å². The van der Waals surface area contributed by atoms with Crippen LogP contribution in [0.3, 0.4) is 0 Å². The second-order valence-electron chi connectivity index (χ2n) is 5.91. The maximum absolute atomic E-state index is 12.1. The number of carboxylic acid groups (broad SMARTS) is 1. The molecular weight excluding hydrogens is 284 g/mol. The summed E-state index contributed by atoms with van der Waals surface area (Å²) in [6.07, 6.45) is 0. The van der Waals surface area contributed by atoms with Gasteiger partial charge in [0.15, 0.2) is 5.69 Å². The predicted octanol–water partition coefficient (Wildman–Crippen LogP) is 1.91. The van der Waals surface area contributed by atoms with Crippen molar-refractivity contribution in [2.45, 2.75) is 32.7 Å². The number of aromatic carboxylic acids is 1. The van der Waals surface area contributed by atoms with Gasteiger partial charge in [0.1, 0.15) is 6.54 Å². The van der Waals surface area contributed by atoms with Crippen molar-refractivity contribution in [3.8, 4) is 0 Å². The van der Waals surface area contributed by atoms with Crippen LogP contribution < -0.4 is 5.32 Å². The highest BCUT2D eigenvalue weighted by Crippen LogP contribution is 2.24. The fourth-order valence-corrected chi connectivity index (χ4v) is 2.17. The molecule has 2 N–H and O–H groups in total. The number of carbonyl (C=O) groups excluding carboxylic acids is 1. The lowest BCUT2D eigenvalue weighted by Gasteiger charge is -2.20. The molecule has 0 bridgehead atoms. The number of benzene rings is 1. The molecule has 0 unspecified atom stereocenters. The molecule has 22 heavy (non-hydrogen) atoms. The van der Waals surface area contributed by atoms with Gasteiger partial charge in [-0.2, -0.15) is 0 Å². The van der Waals surface area contributed by atoms with E-state index in [0.29, 0.717) is 11.4 Å². The number of hydrogen-bond acceptors (Lipinski definition) is 4. The predicted molar refractivity (Wildman–Crippen MR) is 80.8 cm³/mol. The van der Waals surface area contributed by atoms with Crippen molar-refractivity contribution in [2.24, 2.45) is 0 Å². The van der Waals surface area contributed by atoms with Gasteiger partial charge in [-0.25, -0.2) is 9.48 Å². The molecular formula is C15H18N4O3. The number of amides is 1. The molecule has 2 rings (SSSR count). The van der Waals surface area contributed by atoms with E-state index in [1.807, 2.05) is 39.0 Å². The minimum Gasteiger partial charge on any atom is -0.476 e. The maximum atomic E-state index is 12.1. The van der Waals surface area contributed by atoms with Gasteiger partial charge in [0.05, 0.1) is 5.69 Å². The molecule has 0 saturated carbocycles. The van der Waals surface area contributed by atoms with Crippen molar-refractivity contribution < 1.29 is 14.7 Å². The first-order chi connectivity index (χ1) is 10.3. The van der Waals surface area contributed by atoms with Gasteiger partial charge in [-0.3, -0.25) is 4.79 Å². The summed E-state index contributed by atoms with van der Waals surface area (Å²) in [5.74, 6) is -1.45. The van der Waals surface area contributed by atoms with Crippen molar-refractivity contribution in [1.29, 1.82) is 0 Å². The third-order valence-electron chi connectivity index (χ3n) is 3.00. The molecule has 1 amide bonds. The van der Waals surface area contributed by atoms with Crippen molar-refractivity contribution in [2.75, 3.05) is 5.32 Å². The summed E-state index contributed by atoms with van der Waals surface area (Å²) in [7, 11) is 0. The summed E-state index contributed by atoms with van der Waals surface area (Å²) in [6, 6.07) is 9.02. The van der Waals surface area contributed by atoms with Gasteiger partial charge in [-0.05, 0) is 12.1 Å². The molecule has 1 aromatic carbocycles. The highest BCUT2D eigenvalue weighted by atomic mass is 16.4. The minimum absolute atomic E-state index is 0.0955. The molecule has 0 saturated heterocycles. The van der Waals surface area contributed by atoms with Crippen LogP contribution in [0.25, 0.3) is 0 Å². The number of hydrogen-bond donors (Lipinski definition) is 2. The van der Waals surface area contributed by atoms with Crippen LogP contribution in [0, 0.1) is 0 Å². The molecule has 0 aliphatic heterocycles. The summed E-state index contributed by atoms with van der Waals surface area (Å²) < 4.78 is 1.34. The lowest BCUT2D eigenvalue weighted by atomic mass is 9.90. The Balaban J connectivity index is 2.23.